The number of rotatable bonds is 15. The Bertz CT molecular complexity index is 4170. The van der Waals surface area contributed by atoms with E-state index in [4.69, 9.17) is 0 Å². The van der Waals surface area contributed by atoms with Gasteiger partial charge in [-0.3, -0.25) is 14.4 Å². The molecule has 9 heterocycles. The highest BCUT2D eigenvalue weighted by Crippen LogP contribution is 2.43. The van der Waals surface area contributed by atoms with Crippen LogP contribution in [0.5, 0.6) is 0 Å². The fraction of sp³-hybridized carbons (Fsp3) is 0.462. The van der Waals surface area contributed by atoms with Gasteiger partial charge in [-0.1, -0.05) is 39.0 Å². The van der Waals surface area contributed by atoms with E-state index < -0.39 is 0 Å². The van der Waals surface area contributed by atoms with Gasteiger partial charge >= 0.3 is 0 Å². The zero-order chi connectivity index (χ0) is 67.2. The molecule has 3 aliphatic carbocycles. The number of nitrogens with one attached hydrogen (secondary N) is 3. The molecule has 6 fully saturated rings. The molecule has 12 nitrogen and oxygen atoms in total. The SMILES string of the molecule is Cc1ccc2c(C)c(C(=O)NC[C@@H](C)c3ccc(N4CC5CCC(C5)C4)c(F)c3)sc2n1.Cc1ccc2c(C)c(C(=O)NC[C@@H](C)c3ccc(N4CC5CCC(C5)C4)cc3F)sc2n1.Cc1ccc2c(C)c(C(=O)NC[C@H](C)c3ccc(N4CC5CCC(C5)C4)cc3F)sc2n1. The van der Waals surface area contributed by atoms with Gasteiger partial charge in [0.2, 0.25) is 0 Å². The van der Waals surface area contributed by atoms with Crippen LogP contribution in [0, 0.1) is 94.5 Å². The molecule has 6 aromatic heterocycles. The third-order valence-electron chi connectivity index (χ3n) is 21.6. The summed E-state index contributed by atoms with van der Waals surface area (Å²) in [5.74, 6) is 3.48. The maximum atomic E-state index is 15.0. The van der Waals surface area contributed by atoms with Crippen LogP contribution in [0.3, 0.4) is 0 Å². The van der Waals surface area contributed by atoms with E-state index in [0.29, 0.717) is 45.4 Å². The normalized spacial score (nSPS) is 21.2. The van der Waals surface area contributed by atoms with Crippen LogP contribution in [-0.2, 0) is 0 Å². The molecule has 504 valence electrons. The molecule has 3 aliphatic heterocycles. The molecule has 6 bridgehead atoms. The summed E-state index contributed by atoms with van der Waals surface area (Å²) in [5, 5.41) is 12.1. The molecule has 0 radical (unpaired) electrons. The number of anilines is 3. The summed E-state index contributed by atoms with van der Waals surface area (Å²) in [5.41, 5.74) is 10.6. The van der Waals surface area contributed by atoms with E-state index >= 15 is 13.2 Å². The second-order valence-electron chi connectivity index (χ2n) is 28.9. The van der Waals surface area contributed by atoms with Crippen molar-refractivity contribution < 1.29 is 27.6 Å². The highest BCUT2D eigenvalue weighted by Gasteiger charge is 2.36. The van der Waals surface area contributed by atoms with Crippen molar-refractivity contribution in [1.82, 2.24) is 30.9 Å². The first-order valence-electron chi connectivity index (χ1n) is 34.7. The lowest BCUT2D eigenvalue weighted by molar-refractivity contribution is 0.0947. The molecule has 0 spiro atoms. The highest BCUT2D eigenvalue weighted by atomic mass is 32.1. The Morgan fingerprint density at radius 2 is 0.760 bits per heavy atom. The average Bonchev–Trinajstić information content (AvgIpc) is 1.67. The van der Waals surface area contributed by atoms with Crippen LogP contribution in [0.15, 0.2) is 91.0 Å². The monoisotopic (exact) mass is 1350 g/mol. The molecular formula is C78H90F3N9O3S3. The third kappa shape index (κ3) is 14.6. The molecule has 96 heavy (non-hydrogen) atoms. The van der Waals surface area contributed by atoms with Gasteiger partial charge in [-0.05, 0) is 247 Å². The zero-order valence-corrected chi connectivity index (χ0v) is 59.3. The van der Waals surface area contributed by atoms with E-state index in [1.54, 1.807) is 18.2 Å². The van der Waals surface area contributed by atoms with E-state index in [1.807, 2.05) is 135 Å². The Balaban J connectivity index is 0.000000130. The van der Waals surface area contributed by atoms with Gasteiger partial charge in [-0.25, -0.2) is 28.1 Å². The molecular weight excluding hydrogens is 1260 g/mol. The maximum Gasteiger partial charge on any atom is 0.261 e. The van der Waals surface area contributed by atoms with Crippen LogP contribution in [-0.4, -0.2) is 91.6 Å². The molecule has 3 saturated heterocycles. The number of halogens is 3. The number of amides is 3. The minimum atomic E-state index is -0.181. The van der Waals surface area contributed by atoms with E-state index in [2.05, 4.69) is 45.6 Å². The first-order valence-corrected chi connectivity index (χ1v) is 37.2. The van der Waals surface area contributed by atoms with Crippen molar-refractivity contribution in [3.05, 3.63) is 174 Å². The Labute approximate surface area is 574 Å². The zero-order valence-electron chi connectivity index (χ0n) is 56.9. The lowest BCUT2D eigenvalue weighted by Crippen LogP contribution is -2.36. The van der Waals surface area contributed by atoms with Crippen molar-refractivity contribution in [2.45, 2.75) is 138 Å². The number of aryl methyl sites for hydroxylation is 6. The number of nitrogens with zero attached hydrogens (tertiary/aromatic N) is 6. The maximum absolute atomic E-state index is 15.0. The average molecular weight is 1350 g/mol. The molecule has 3 amide bonds. The summed E-state index contributed by atoms with van der Waals surface area (Å²) in [6.45, 7) is 25.1. The lowest BCUT2D eigenvalue weighted by Gasteiger charge is -2.34. The number of thiophene rings is 3. The number of benzene rings is 3. The number of pyridine rings is 3. The predicted molar refractivity (Wildman–Crippen MR) is 388 cm³/mol. The van der Waals surface area contributed by atoms with Crippen LogP contribution >= 0.6 is 34.0 Å². The van der Waals surface area contributed by atoms with Gasteiger partial charge in [0.05, 0.1) is 20.3 Å². The Kier molecular flexibility index (Phi) is 20.0. The van der Waals surface area contributed by atoms with Gasteiger partial charge in [0.1, 0.15) is 31.9 Å². The first-order chi connectivity index (χ1) is 46.2. The summed E-state index contributed by atoms with van der Waals surface area (Å²) in [7, 11) is 0. The summed E-state index contributed by atoms with van der Waals surface area (Å²) in [6.07, 6.45) is 11.8. The first kappa shape index (κ1) is 67.2. The van der Waals surface area contributed by atoms with Gasteiger partial charge in [-0.2, -0.15) is 0 Å². The number of carbonyl (C=O) groups excluding carboxylic acids is 3. The largest absolute Gasteiger partial charge is 0.371 e. The Morgan fingerprint density at radius 1 is 0.427 bits per heavy atom. The number of hydrogen-bond acceptors (Lipinski definition) is 12. The van der Waals surface area contributed by atoms with Crippen molar-refractivity contribution in [3.8, 4) is 0 Å². The molecule has 9 atom stereocenters. The van der Waals surface area contributed by atoms with Crippen molar-refractivity contribution in [1.29, 1.82) is 0 Å². The number of hydrogen-bond donors (Lipinski definition) is 3. The molecule has 3 saturated carbocycles. The van der Waals surface area contributed by atoms with Crippen molar-refractivity contribution in [2.24, 2.45) is 35.5 Å². The minimum absolute atomic E-state index is 0.0232. The lowest BCUT2D eigenvalue weighted by atomic mass is 9.96. The highest BCUT2D eigenvalue weighted by molar-refractivity contribution is 7.21. The van der Waals surface area contributed by atoms with E-state index in [9.17, 15) is 14.4 Å². The van der Waals surface area contributed by atoms with E-state index in [0.717, 1.165) is 162 Å². The molecule has 3 aromatic carbocycles. The van der Waals surface area contributed by atoms with Crippen molar-refractivity contribution in [3.63, 3.8) is 0 Å². The van der Waals surface area contributed by atoms with E-state index in [-0.39, 0.29) is 52.9 Å². The molecule has 6 aliphatic rings. The minimum Gasteiger partial charge on any atom is -0.371 e. The van der Waals surface area contributed by atoms with Crippen molar-refractivity contribution >= 4 is 99.4 Å². The van der Waals surface area contributed by atoms with Crippen LogP contribution in [0.25, 0.3) is 30.6 Å². The molecule has 9 aromatic rings. The summed E-state index contributed by atoms with van der Waals surface area (Å²) >= 11 is 4.26. The molecule has 3 N–H and O–H groups in total. The van der Waals surface area contributed by atoms with Gasteiger partial charge in [0, 0.05) is 115 Å². The molecule has 6 unspecified atom stereocenters. The molecule has 15 rings (SSSR count). The summed E-state index contributed by atoms with van der Waals surface area (Å²) < 4.78 is 45.0. The second-order valence-corrected chi connectivity index (χ2v) is 31.9. The van der Waals surface area contributed by atoms with Crippen LogP contribution in [0.4, 0.5) is 30.2 Å². The van der Waals surface area contributed by atoms with Crippen LogP contribution in [0.1, 0.15) is 176 Å². The van der Waals surface area contributed by atoms with Crippen LogP contribution < -0.4 is 30.7 Å². The summed E-state index contributed by atoms with van der Waals surface area (Å²) in [4.78, 5) is 63.8. The fourth-order valence-electron chi connectivity index (χ4n) is 16.1. The summed E-state index contributed by atoms with van der Waals surface area (Å²) in [6, 6.07) is 28.8. The smallest absolute Gasteiger partial charge is 0.261 e. The van der Waals surface area contributed by atoms with Gasteiger partial charge < -0.3 is 30.7 Å². The topological polar surface area (TPSA) is 136 Å². The Hall–Kier alpha value is -7.41. The Morgan fingerprint density at radius 3 is 1.09 bits per heavy atom. The van der Waals surface area contributed by atoms with Gasteiger partial charge in [0.15, 0.2) is 0 Å². The van der Waals surface area contributed by atoms with Crippen LogP contribution in [0.2, 0.25) is 0 Å². The number of fused-ring (bicyclic) bond motifs is 9. The van der Waals surface area contributed by atoms with Gasteiger partial charge in [-0.15, -0.1) is 34.0 Å². The fourth-order valence-corrected chi connectivity index (χ4v) is 19.5. The third-order valence-corrected chi connectivity index (χ3v) is 25.2. The quantitative estimate of drug-likeness (QED) is 0.0917. The van der Waals surface area contributed by atoms with Crippen molar-refractivity contribution in [2.75, 3.05) is 73.6 Å². The number of piperidine rings is 3. The second kappa shape index (κ2) is 28.6. The standard InChI is InChI=1S/3C26H30FN3OS/c2*1-15(12-28-25(31)24-17(3)22-8-4-16(2)29-26(22)32-24)21-9-7-20(11-23(21)27)30-13-18-5-6-19(10-18)14-30;1-15(12-28-25(31)24-17(3)21-8-4-16(2)29-26(21)32-24)20-7-9-23(22(27)11-20)30-13-18-5-6-19(10-18)14-30/h3*4,7-9,11,15,18-19H,5-6,10,12-14H2,1-3H3,(H,28,31)/t3*15-,18?,19?/m101/s1. The van der Waals surface area contributed by atoms with E-state index in [1.165, 1.54) is 91.8 Å². The number of carbonyl (C=O) groups is 3. The molecule has 18 heteroatoms. The number of aromatic nitrogens is 3. The van der Waals surface area contributed by atoms with Gasteiger partial charge in [0.25, 0.3) is 17.7 Å². The predicted octanol–water partition coefficient (Wildman–Crippen LogP) is 17.5.